The first-order valence-electron chi connectivity index (χ1n) is 10.1. The van der Waals surface area contributed by atoms with E-state index in [1.807, 2.05) is 42.0 Å². The molecule has 0 saturated carbocycles. The molecular weight excluding hydrogens is 384 g/mol. The van der Waals surface area contributed by atoms with Gasteiger partial charge in [0, 0.05) is 30.4 Å². The van der Waals surface area contributed by atoms with Crippen molar-refractivity contribution in [2.75, 3.05) is 24.6 Å². The van der Waals surface area contributed by atoms with Crippen LogP contribution in [0.1, 0.15) is 19.8 Å². The molecule has 154 valence electrons. The fourth-order valence-electron chi connectivity index (χ4n) is 4.09. The number of carbonyl (C=O) groups is 1. The predicted molar refractivity (Wildman–Crippen MR) is 112 cm³/mol. The molecule has 1 aliphatic heterocycles. The zero-order chi connectivity index (χ0) is 20.7. The van der Waals surface area contributed by atoms with Gasteiger partial charge in [-0.2, -0.15) is 5.10 Å². The maximum atomic E-state index is 11.2. The van der Waals surface area contributed by atoms with E-state index in [9.17, 15) is 9.90 Å². The van der Waals surface area contributed by atoms with Crippen molar-refractivity contribution in [3.8, 4) is 16.9 Å². The lowest BCUT2D eigenvalue weighted by Crippen LogP contribution is -2.36. The maximum Gasteiger partial charge on any atom is 0.306 e. The summed E-state index contributed by atoms with van der Waals surface area (Å²) < 4.78 is 7.55. The van der Waals surface area contributed by atoms with Gasteiger partial charge in [-0.05, 0) is 38.0 Å². The van der Waals surface area contributed by atoms with E-state index < -0.39 is 5.97 Å². The number of nitrogens with zero attached hydrogens (tertiary/aromatic N) is 5. The minimum absolute atomic E-state index is 0.255. The Balaban J connectivity index is 1.50. The van der Waals surface area contributed by atoms with Gasteiger partial charge in [-0.1, -0.05) is 0 Å². The van der Waals surface area contributed by atoms with Crippen LogP contribution in [0.25, 0.3) is 27.7 Å². The fourth-order valence-corrected chi connectivity index (χ4v) is 4.09. The molecule has 0 amide bonds. The average Bonchev–Trinajstić information content (AvgIpc) is 3.35. The SMILES string of the molecule is CCOc1cc(-c2ccc(N3CCC(C(=O)O)CC3)nc2)c2c3cn[nH]c3nn2c1. The Morgan fingerprint density at radius 2 is 2.13 bits per heavy atom. The Bertz CT molecular complexity index is 1200. The van der Waals surface area contributed by atoms with Gasteiger partial charge in [-0.15, -0.1) is 5.10 Å². The highest BCUT2D eigenvalue weighted by atomic mass is 16.5. The molecule has 5 rings (SSSR count). The first-order chi connectivity index (χ1) is 14.6. The summed E-state index contributed by atoms with van der Waals surface area (Å²) in [6.45, 7) is 3.91. The normalized spacial score (nSPS) is 15.2. The zero-order valence-electron chi connectivity index (χ0n) is 16.6. The molecular formula is C21H22N6O3. The molecule has 0 spiro atoms. The molecule has 0 unspecified atom stereocenters. The van der Waals surface area contributed by atoms with Crippen molar-refractivity contribution in [2.45, 2.75) is 19.8 Å². The summed E-state index contributed by atoms with van der Waals surface area (Å²) in [5, 5.41) is 21.7. The summed E-state index contributed by atoms with van der Waals surface area (Å²) >= 11 is 0. The molecule has 9 nitrogen and oxygen atoms in total. The van der Waals surface area contributed by atoms with Crippen LogP contribution in [0, 0.1) is 5.92 Å². The standard InChI is InChI=1S/C21H22N6O3/c1-2-30-15-9-16(19-17-11-23-24-20(17)25-27(19)12-15)14-3-4-18(22-10-14)26-7-5-13(6-8-26)21(28)29/h3-4,9-13H,2,5-8H2,1H3,(H,24,25)(H,28,29). The van der Waals surface area contributed by atoms with E-state index in [2.05, 4.69) is 25.2 Å². The molecule has 1 aliphatic rings. The number of carboxylic acid groups (broad SMARTS) is 1. The summed E-state index contributed by atoms with van der Waals surface area (Å²) in [5.74, 6) is 0.635. The molecule has 0 bridgehead atoms. The van der Waals surface area contributed by atoms with Gasteiger partial charge in [-0.25, -0.2) is 9.50 Å². The van der Waals surface area contributed by atoms with Crippen LogP contribution < -0.4 is 9.64 Å². The number of pyridine rings is 2. The number of aromatic amines is 1. The number of H-pyrrole nitrogens is 1. The highest BCUT2D eigenvalue weighted by Gasteiger charge is 2.25. The Hall–Kier alpha value is -3.62. The number of fused-ring (bicyclic) bond motifs is 3. The van der Waals surface area contributed by atoms with Gasteiger partial charge in [0.05, 0.1) is 35.8 Å². The molecule has 1 fully saturated rings. The van der Waals surface area contributed by atoms with Crippen LogP contribution in [0.15, 0.2) is 36.8 Å². The summed E-state index contributed by atoms with van der Waals surface area (Å²) in [6.07, 6.45) is 6.78. The first-order valence-corrected chi connectivity index (χ1v) is 10.1. The monoisotopic (exact) mass is 406 g/mol. The third kappa shape index (κ3) is 3.12. The Kier molecular flexibility index (Phi) is 4.50. The largest absolute Gasteiger partial charge is 0.492 e. The third-order valence-electron chi connectivity index (χ3n) is 5.64. The topological polar surface area (TPSA) is 109 Å². The van der Waals surface area contributed by atoms with E-state index in [0.717, 1.165) is 39.2 Å². The number of aliphatic carboxylic acids is 1. The van der Waals surface area contributed by atoms with Crippen LogP contribution in [0.5, 0.6) is 5.75 Å². The molecule has 5 heterocycles. The van der Waals surface area contributed by atoms with Crippen molar-refractivity contribution in [1.82, 2.24) is 24.8 Å². The average molecular weight is 406 g/mol. The Labute approximate surface area is 172 Å². The molecule has 30 heavy (non-hydrogen) atoms. The second kappa shape index (κ2) is 7.33. The van der Waals surface area contributed by atoms with Crippen LogP contribution in [0.4, 0.5) is 5.82 Å². The van der Waals surface area contributed by atoms with E-state index in [4.69, 9.17) is 4.74 Å². The minimum atomic E-state index is -0.706. The van der Waals surface area contributed by atoms with Crippen molar-refractivity contribution >= 4 is 28.3 Å². The second-order valence-corrected chi connectivity index (χ2v) is 7.45. The molecule has 4 aromatic rings. The van der Waals surface area contributed by atoms with E-state index >= 15 is 0 Å². The van der Waals surface area contributed by atoms with Gasteiger partial charge in [0.2, 0.25) is 0 Å². The Morgan fingerprint density at radius 3 is 2.83 bits per heavy atom. The lowest BCUT2D eigenvalue weighted by atomic mass is 9.97. The van der Waals surface area contributed by atoms with E-state index in [0.29, 0.717) is 32.5 Å². The van der Waals surface area contributed by atoms with Gasteiger partial charge >= 0.3 is 5.97 Å². The number of hydrogen-bond donors (Lipinski definition) is 2. The molecule has 0 atom stereocenters. The van der Waals surface area contributed by atoms with Crippen LogP contribution in [0.2, 0.25) is 0 Å². The van der Waals surface area contributed by atoms with Crippen LogP contribution in [-0.2, 0) is 4.79 Å². The van der Waals surface area contributed by atoms with Gasteiger partial charge < -0.3 is 14.7 Å². The number of hydrogen-bond acceptors (Lipinski definition) is 6. The van der Waals surface area contributed by atoms with E-state index in [1.165, 1.54) is 0 Å². The quantitative estimate of drug-likeness (QED) is 0.524. The smallest absolute Gasteiger partial charge is 0.306 e. The van der Waals surface area contributed by atoms with E-state index in [-0.39, 0.29) is 5.92 Å². The minimum Gasteiger partial charge on any atom is -0.492 e. The van der Waals surface area contributed by atoms with Gasteiger partial charge in [0.1, 0.15) is 11.6 Å². The maximum absolute atomic E-state index is 11.2. The number of carboxylic acids is 1. The predicted octanol–water partition coefficient (Wildman–Crippen LogP) is 2.97. The van der Waals surface area contributed by atoms with Crippen molar-refractivity contribution in [1.29, 1.82) is 0 Å². The number of rotatable bonds is 5. The van der Waals surface area contributed by atoms with Gasteiger partial charge in [0.15, 0.2) is 5.65 Å². The summed E-state index contributed by atoms with van der Waals surface area (Å²) in [5.41, 5.74) is 3.58. The zero-order valence-corrected chi connectivity index (χ0v) is 16.6. The molecule has 2 N–H and O–H groups in total. The fraction of sp³-hybridized carbons (Fsp3) is 0.333. The highest BCUT2D eigenvalue weighted by Crippen LogP contribution is 2.33. The summed E-state index contributed by atoms with van der Waals surface area (Å²) in [7, 11) is 0. The second-order valence-electron chi connectivity index (χ2n) is 7.45. The number of anilines is 1. The molecule has 0 radical (unpaired) electrons. The number of ether oxygens (including phenoxy) is 1. The van der Waals surface area contributed by atoms with Crippen molar-refractivity contribution in [3.05, 3.63) is 36.8 Å². The molecule has 1 saturated heterocycles. The molecule has 9 heteroatoms. The summed E-state index contributed by atoms with van der Waals surface area (Å²) in [6, 6.07) is 6.03. The number of nitrogens with one attached hydrogen (secondary N) is 1. The van der Waals surface area contributed by atoms with Gasteiger partial charge in [-0.3, -0.25) is 9.89 Å². The van der Waals surface area contributed by atoms with Crippen molar-refractivity contribution in [3.63, 3.8) is 0 Å². The molecule has 4 aromatic heterocycles. The van der Waals surface area contributed by atoms with Gasteiger partial charge in [0.25, 0.3) is 0 Å². The van der Waals surface area contributed by atoms with Crippen LogP contribution >= 0.6 is 0 Å². The first kappa shape index (κ1) is 18.4. The lowest BCUT2D eigenvalue weighted by molar-refractivity contribution is -0.142. The third-order valence-corrected chi connectivity index (χ3v) is 5.64. The molecule has 0 aromatic carbocycles. The number of piperidine rings is 1. The Morgan fingerprint density at radius 1 is 1.30 bits per heavy atom. The van der Waals surface area contributed by atoms with Crippen LogP contribution in [-0.4, -0.2) is 55.6 Å². The van der Waals surface area contributed by atoms with Crippen molar-refractivity contribution in [2.24, 2.45) is 5.92 Å². The summed E-state index contributed by atoms with van der Waals surface area (Å²) in [4.78, 5) is 18.0. The van der Waals surface area contributed by atoms with E-state index in [1.54, 1.807) is 6.20 Å². The van der Waals surface area contributed by atoms with Crippen molar-refractivity contribution < 1.29 is 14.6 Å². The number of aromatic nitrogens is 5. The lowest BCUT2D eigenvalue weighted by Gasteiger charge is -2.31. The highest BCUT2D eigenvalue weighted by molar-refractivity contribution is 6.00. The molecule has 0 aliphatic carbocycles. The van der Waals surface area contributed by atoms with Crippen LogP contribution in [0.3, 0.4) is 0 Å².